The van der Waals surface area contributed by atoms with Gasteiger partial charge in [0.1, 0.15) is 6.33 Å². The number of rotatable bonds is 5. The molecule has 0 unspecified atom stereocenters. The number of benzene rings is 2. The van der Waals surface area contributed by atoms with Crippen molar-refractivity contribution in [2.75, 3.05) is 11.1 Å². The maximum absolute atomic E-state index is 13.2. The van der Waals surface area contributed by atoms with Crippen LogP contribution in [0.15, 0.2) is 47.9 Å². The lowest BCUT2D eigenvalue weighted by Gasteiger charge is -2.08. The predicted octanol–water partition coefficient (Wildman–Crippen LogP) is 4.24. The molecule has 0 radical (unpaired) electrons. The van der Waals surface area contributed by atoms with Crippen LogP contribution < -0.4 is 5.32 Å². The van der Waals surface area contributed by atoms with Crippen molar-refractivity contribution in [3.8, 4) is 5.69 Å². The van der Waals surface area contributed by atoms with E-state index in [0.717, 1.165) is 35.1 Å². The number of nitrogens with zero attached hydrogens (tertiary/aromatic N) is 3. The summed E-state index contributed by atoms with van der Waals surface area (Å²) in [6.45, 7) is 1.90. The molecule has 134 valence electrons. The maximum atomic E-state index is 13.2. The zero-order chi connectivity index (χ0) is 18.7. The zero-order valence-electron chi connectivity index (χ0n) is 13.5. The van der Waals surface area contributed by atoms with Crippen LogP contribution in [0.25, 0.3) is 5.69 Å². The summed E-state index contributed by atoms with van der Waals surface area (Å²) in [5, 5.41) is 11.5. The number of aromatic nitrogens is 3. The Morgan fingerprint density at radius 3 is 2.77 bits per heavy atom. The molecule has 0 saturated heterocycles. The Bertz CT molecular complexity index is 964. The first-order valence-corrected chi connectivity index (χ1v) is 8.84. The Morgan fingerprint density at radius 1 is 1.23 bits per heavy atom. The summed E-state index contributed by atoms with van der Waals surface area (Å²) in [4.78, 5) is 12.0. The van der Waals surface area contributed by atoms with Gasteiger partial charge in [0.2, 0.25) is 5.91 Å². The molecule has 1 amide bonds. The van der Waals surface area contributed by atoms with Crippen LogP contribution in [0.1, 0.15) is 5.56 Å². The fourth-order valence-corrected chi connectivity index (χ4v) is 3.04. The van der Waals surface area contributed by atoms with Gasteiger partial charge in [-0.3, -0.25) is 9.36 Å². The first-order chi connectivity index (χ1) is 12.4. The molecule has 0 aliphatic rings. The van der Waals surface area contributed by atoms with Crippen molar-refractivity contribution in [3.05, 3.63) is 64.9 Å². The molecule has 0 bridgehead atoms. The molecule has 1 N–H and O–H groups in total. The minimum atomic E-state index is -1.02. The van der Waals surface area contributed by atoms with Gasteiger partial charge in [0.25, 0.3) is 0 Å². The van der Waals surface area contributed by atoms with Gasteiger partial charge in [0.15, 0.2) is 16.8 Å². The maximum Gasteiger partial charge on any atom is 0.234 e. The minimum Gasteiger partial charge on any atom is -0.325 e. The van der Waals surface area contributed by atoms with Crippen molar-refractivity contribution >= 4 is 35.0 Å². The fraction of sp³-hybridized carbons (Fsp3) is 0.118. The second-order valence-electron chi connectivity index (χ2n) is 5.38. The van der Waals surface area contributed by atoms with Crippen molar-refractivity contribution in [2.24, 2.45) is 0 Å². The molecule has 0 spiro atoms. The number of hydrogen-bond acceptors (Lipinski definition) is 4. The van der Waals surface area contributed by atoms with Crippen molar-refractivity contribution < 1.29 is 13.6 Å². The molecule has 0 aliphatic heterocycles. The lowest BCUT2D eigenvalue weighted by atomic mass is 10.2. The number of amides is 1. The van der Waals surface area contributed by atoms with E-state index in [0.29, 0.717) is 10.2 Å². The third kappa shape index (κ3) is 4.20. The summed E-state index contributed by atoms with van der Waals surface area (Å²) in [7, 11) is 0. The van der Waals surface area contributed by atoms with Crippen molar-refractivity contribution in [1.29, 1.82) is 0 Å². The van der Waals surface area contributed by atoms with E-state index < -0.39 is 11.6 Å². The molecule has 3 rings (SSSR count). The molecule has 5 nitrogen and oxygen atoms in total. The van der Waals surface area contributed by atoms with E-state index in [2.05, 4.69) is 15.5 Å². The SMILES string of the molecule is Cc1ccc(-n2cnnc2SCC(=O)Nc2ccc(F)c(F)c2)cc1Cl. The fourth-order valence-electron chi connectivity index (χ4n) is 2.13. The van der Waals surface area contributed by atoms with Crippen LogP contribution in [0.4, 0.5) is 14.5 Å². The van der Waals surface area contributed by atoms with Gasteiger partial charge >= 0.3 is 0 Å². The van der Waals surface area contributed by atoms with Crippen LogP contribution in [0.3, 0.4) is 0 Å². The quantitative estimate of drug-likeness (QED) is 0.657. The van der Waals surface area contributed by atoms with Crippen molar-refractivity contribution in [3.63, 3.8) is 0 Å². The van der Waals surface area contributed by atoms with E-state index in [1.807, 2.05) is 19.1 Å². The van der Waals surface area contributed by atoms with Crippen LogP contribution in [0, 0.1) is 18.6 Å². The third-order valence-electron chi connectivity index (χ3n) is 3.49. The van der Waals surface area contributed by atoms with E-state index in [1.165, 1.54) is 12.4 Å². The lowest BCUT2D eigenvalue weighted by molar-refractivity contribution is -0.113. The largest absolute Gasteiger partial charge is 0.325 e. The molecular formula is C17H13ClF2N4OS. The average Bonchev–Trinajstić information content (AvgIpc) is 3.07. The van der Waals surface area contributed by atoms with Gasteiger partial charge in [-0.05, 0) is 36.8 Å². The summed E-state index contributed by atoms with van der Waals surface area (Å²) in [5.74, 6) is -2.34. The second kappa shape index (κ2) is 7.84. The molecular weight excluding hydrogens is 382 g/mol. The van der Waals surface area contributed by atoms with Crippen LogP contribution >= 0.6 is 23.4 Å². The molecule has 9 heteroatoms. The van der Waals surface area contributed by atoms with Crippen molar-refractivity contribution in [2.45, 2.75) is 12.1 Å². The van der Waals surface area contributed by atoms with Crippen LogP contribution in [-0.2, 0) is 4.79 Å². The van der Waals surface area contributed by atoms with E-state index >= 15 is 0 Å². The van der Waals surface area contributed by atoms with Crippen LogP contribution in [-0.4, -0.2) is 26.4 Å². The summed E-state index contributed by atoms with van der Waals surface area (Å²) in [6.07, 6.45) is 1.52. The molecule has 26 heavy (non-hydrogen) atoms. The number of carbonyl (C=O) groups is 1. The Hall–Kier alpha value is -2.45. The molecule has 2 aromatic carbocycles. The van der Waals surface area contributed by atoms with Gasteiger partial charge in [-0.15, -0.1) is 10.2 Å². The van der Waals surface area contributed by atoms with E-state index in [9.17, 15) is 13.6 Å². The van der Waals surface area contributed by atoms with Crippen LogP contribution in [0.5, 0.6) is 0 Å². The molecule has 0 saturated carbocycles. The van der Waals surface area contributed by atoms with Gasteiger partial charge in [-0.2, -0.15) is 0 Å². The highest BCUT2D eigenvalue weighted by Crippen LogP contribution is 2.24. The highest BCUT2D eigenvalue weighted by Gasteiger charge is 2.12. The topological polar surface area (TPSA) is 59.8 Å². The average molecular weight is 395 g/mol. The highest BCUT2D eigenvalue weighted by atomic mass is 35.5. The standard InChI is InChI=1S/C17H13ClF2N4OS/c1-10-2-4-12(7-13(10)18)24-9-21-23-17(24)26-8-16(25)22-11-3-5-14(19)15(20)6-11/h2-7,9H,8H2,1H3,(H,22,25). The van der Waals surface area contributed by atoms with Gasteiger partial charge in [-0.1, -0.05) is 29.4 Å². The van der Waals surface area contributed by atoms with Crippen LogP contribution in [0.2, 0.25) is 5.02 Å². The summed E-state index contributed by atoms with van der Waals surface area (Å²) >= 11 is 7.30. The number of anilines is 1. The number of carbonyl (C=O) groups excluding carboxylic acids is 1. The minimum absolute atomic E-state index is 0.0251. The van der Waals surface area contributed by atoms with Gasteiger partial charge in [0.05, 0.1) is 11.4 Å². The molecule has 1 aromatic heterocycles. The highest BCUT2D eigenvalue weighted by molar-refractivity contribution is 7.99. The predicted molar refractivity (Wildman–Crippen MR) is 96.8 cm³/mol. The monoisotopic (exact) mass is 394 g/mol. The van der Waals surface area contributed by atoms with Gasteiger partial charge < -0.3 is 5.32 Å². The molecule has 3 aromatic rings. The molecule has 0 atom stereocenters. The summed E-state index contributed by atoms with van der Waals surface area (Å²) in [5.41, 5.74) is 1.90. The first-order valence-electron chi connectivity index (χ1n) is 7.48. The molecule has 0 aliphatic carbocycles. The van der Waals surface area contributed by atoms with Gasteiger partial charge in [0, 0.05) is 16.8 Å². The zero-order valence-corrected chi connectivity index (χ0v) is 15.1. The Morgan fingerprint density at radius 2 is 2.04 bits per heavy atom. The third-order valence-corrected chi connectivity index (χ3v) is 4.84. The van der Waals surface area contributed by atoms with E-state index in [-0.39, 0.29) is 17.3 Å². The first kappa shape index (κ1) is 18.3. The molecule has 0 fully saturated rings. The Kier molecular flexibility index (Phi) is 5.53. The van der Waals surface area contributed by atoms with Gasteiger partial charge in [-0.25, -0.2) is 8.78 Å². The number of aryl methyl sites for hydroxylation is 1. The Labute approximate surface area is 157 Å². The van der Waals surface area contributed by atoms with E-state index in [4.69, 9.17) is 11.6 Å². The second-order valence-corrected chi connectivity index (χ2v) is 6.73. The number of nitrogens with one attached hydrogen (secondary N) is 1. The smallest absolute Gasteiger partial charge is 0.234 e. The number of halogens is 3. The molecule has 1 heterocycles. The van der Waals surface area contributed by atoms with E-state index in [1.54, 1.807) is 10.6 Å². The van der Waals surface area contributed by atoms with Crippen molar-refractivity contribution in [1.82, 2.24) is 14.8 Å². The Balaban J connectivity index is 1.66. The number of hydrogen-bond donors (Lipinski definition) is 1. The lowest BCUT2D eigenvalue weighted by Crippen LogP contribution is -2.14. The normalized spacial score (nSPS) is 10.8. The summed E-state index contributed by atoms with van der Waals surface area (Å²) < 4.78 is 27.8. The number of thioether (sulfide) groups is 1. The summed E-state index contributed by atoms with van der Waals surface area (Å²) in [6, 6.07) is 8.70.